The Bertz CT molecular complexity index is 1200. The van der Waals surface area contributed by atoms with E-state index in [1.54, 1.807) is 13.0 Å². The minimum Gasteiger partial charge on any atom is -0.467 e. The van der Waals surface area contributed by atoms with Crippen LogP contribution in [0, 0.1) is 6.92 Å². The van der Waals surface area contributed by atoms with Crippen molar-refractivity contribution in [2.45, 2.75) is 58.4 Å². The number of hydrogen-bond acceptors (Lipinski definition) is 12. The molecule has 2 heterocycles. The molecule has 1 aliphatic heterocycles. The Morgan fingerprint density at radius 3 is 2.06 bits per heavy atom. The van der Waals surface area contributed by atoms with Gasteiger partial charge in [0.2, 0.25) is 12.4 Å². The van der Waals surface area contributed by atoms with E-state index in [-0.39, 0.29) is 11.3 Å². The largest absolute Gasteiger partial charge is 0.467 e. The van der Waals surface area contributed by atoms with Crippen LogP contribution in [0.4, 0.5) is 0 Å². The van der Waals surface area contributed by atoms with Crippen molar-refractivity contribution in [2.75, 3.05) is 7.11 Å². The summed E-state index contributed by atoms with van der Waals surface area (Å²) in [6.45, 7) is 5.00. The topological polar surface area (TPSA) is 154 Å². The van der Waals surface area contributed by atoms with E-state index in [9.17, 15) is 24.0 Å². The Balaban J connectivity index is 2.06. The van der Waals surface area contributed by atoms with Crippen LogP contribution in [0.3, 0.4) is 0 Å². The molecule has 1 aromatic carbocycles. The molecular formula is C23H24O12. The molecule has 5 atom stereocenters. The summed E-state index contributed by atoms with van der Waals surface area (Å²) in [6, 6.07) is 5.92. The van der Waals surface area contributed by atoms with Crippen molar-refractivity contribution in [3.8, 4) is 5.75 Å². The van der Waals surface area contributed by atoms with Crippen LogP contribution in [-0.4, -0.2) is 61.7 Å². The third-order valence-electron chi connectivity index (χ3n) is 5.01. The van der Waals surface area contributed by atoms with Gasteiger partial charge < -0.3 is 32.8 Å². The number of carbonyl (C=O) groups is 4. The van der Waals surface area contributed by atoms with Crippen LogP contribution in [0.5, 0.6) is 5.75 Å². The number of benzene rings is 1. The summed E-state index contributed by atoms with van der Waals surface area (Å²) in [6.07, 6.45) is -7.56. The Kier molecular flexibility index (Phi) is 7.75. The van der Waals surface area contributed by atoms with Crippen molar-refractivity contribution >= 4 is 34.8 Å². The van der Waals surface area contributed by atoms with Gasteiger partial charge in [-0.05, 0) is 24.6 Å². The fraction of sp³-hybridized carbons (Fsp3) is 0.435. The van der Waals surface area contributed by atoms with Gasteiger partial charge in [-0.15, -0.1) is 0 Å². The highest BCUT2D eigenvalue weighted by Crippen LogP contribution is 2.32. The first-order valence-corrected chi connectivity index (χ1v) is 10.5. The van der Waals surface area contributed by atoms with Crippen LogP contribution in [0.2, 0.25) is 0 Å². The van der Waals surface area contributed by atoms with Crippen molar-refractivity contribution in [1.29, 1.82) is 0 Å². The van der Waals surface area contributed by atoms with Crippen molar-refractivity contribution < 1.29 is 52.0 Å². The fourth-order valence-corrected chi connectivity index (χ4v) is 3.69. The Hall–Kier alpha value is -3.93. The zero-order valence-corrected chi connectivity index (χ0v) is 19.6. The summed E-state index contributed by atoms with van der Waals surface area (Å²) >= 11 is 0. The minimum absolute atomic E-state index is 0.115. The molecule has 0 bridgehead atoms. The highest BCUT2D eigenvalue weighted by atomic mass is 16.7. The van der Waals surface area contributed by atoms with Gasteiger partial charge in [-0.3, -0.25) is 14.4 Å². The average Bonchev–Trinajstić information content (AvgIpc) is 2.75. The molecule has 0 N–H and O–H groups in total. The molecule has 1 saturated heterocycles. The van der Waals surface area contributed by atoms with E-state index >= 15 is 0 Å². The summed E-state index contributed by atoms with van der Waals surface area (Å²) in [5.41, 5.74) is 0.328. The first-order valence-electron chi connectivity index (χ1n) is 10.5. The van der Waals surface area contributed by atoms with Crippen LogP contribution < -0.4 is 10.4 Å². The number of aryl methyl sites for hydroxylation is 1. The van der Waals surface area contributed by atoms with Crippen molar-refractivity contribution in [3.05, 3.63) is 40.2 Å². The number of carbonyl (C=O) groups excluding carboxylic acids is 4. The molecule has 35 heavy (non-hydrogen) atoms. The SMILES string of the molecule is COC(=O)[C@H]1O[C@@H](Oc2ccc3c(C)cc(=O)oc3c2)[C@H](OC(C)=O)[C@@H](OC(C)=O)[C@@H]1OC(C)=O. The van der Waals surface area contributed by atoms with Gasteiger partial charge in [-0.1, -0.05) is 0 Å². The Morgan fingerprint density at radius 2 is 1.46 bits per heavy atom. The van der Waals surface area contributed by atoms with E-state index in [0.29, 0.717) is 10.9 Å². The molecule has 3 rings (SSSR count). The van der Waals surface area contributed by atoms with Crippen LogP contribution in [0.1, 0.15) is 26.3 Å². The first kappa shape index (κ1) is 25.7. The number of rotatable bonds is 6. The van der Waals surface area contributed by atoms with Crippen LogP contribution in [0.25, 0.3) is 11.0 Å². The molecule has 1 aliphatic rings. The zero-order valence-electron chi connectivity index (χ0n) is 19.6. The van der Waals surface area contributed by atoms with Crippen LogP contribution in [-0.2, 0) is 42.9 Å². The lowest BCUT2D eigenvalue weighted by atomic mass is 9.97. The molecule has 12 nitrogen and oxygen atoms in total. The van der Waals surface area contributed by atoms with Gasteiger partial charge in [0.1, 0.15) is 11.3 Å². The molecule has 1 fully saturated rings. The summed E-state index contributed by atoms with van der Waals surface area (Å²) < 4.78 is 37.3. The number of fused-ring (bicyclic) bond motifs is 1. The molecule has 2 aromatic rings. The van der Waals surface area contributed by atoms with Gasteiger partial charge in [0.05, 0.1) is 7.11 Å². The second-order valence-electron chi connectivity index (χ2n) is 7.69. The predicted octanol–water partition coefficient (Wildman–Crippen LogP) is 1.17. The maximum absolute atomic E-state index is 12.5. The quantitative estimate of drug-likeness (QED) is 0.323. The van der Waals surface area contributed by atoms with Gasteiger partial charge in [0.25, 0.3) is 0 Å². The standard InChI is InChI=1S/C23H24O12/c1-10-8-17(27)34-16-9-14(6-7-15(10)16)33-23-21(32-13(4)26)19(31-12(3)25)18(30-11(2)24)20(35-23)22(28)29-5/h6-9,18-21,23H,1-5H3/t18-,19-,20-,21+,23+/m0/s1. The fourth-order valence-electron chi connectivity index (χ4n) is 3.69. The lowest BCUT2D eigenvalue weighted by molar-refractivity contribution is -0.282. The molecule has 0 aliphatic carbocycles. The Labute approximate surface area is 199 Å². The molecule has 0 radical (unpaired) electrons. The predicted molar refractivity (Wildman–Crippen MR) is 115 cm³/mol. The smallest absolute Gasteiger partial charge is 0.339 e. The number of methoxy groups -OCH3 is 1. The number of hydrogen-bond donors (Lipinski definition) is 0. The molecule has 188 valence electrons. The van der Waals surface area contributed by atoms with Crippen LogP contribution in [0.15, 0.2) is 33.5 Å². The maximum atomic E-state index is 12.5. The third kappa shape index (κ3) is 5.96. The maximum Gasteiger partial charge on any atom is 0.339 e. The summed E-state index contributed by atoms with van der Waals surface area (Å²) in [5, 5.41) is 0.651. The van der Waals surface area contributed by atoms with Crippen LogP contribution >= 0.6 is 0 Å². The van der Waals surface area contributed by atoms with E-state index in [2.05, 4.69) is 0 Å². The molecule has 1 aromatic heterocycles. The minimum atomic E-state index is -1.59. The average molecular weight is 492 g/mol. The van der Waals surface area contributed by atoms with E-state index in [4.69, 9.17) is 32.8 Å². The zero-order chi connectivity index (χ0) is 25.9. The lowest BCUT2D eigenvalue weighted by Gasteiger charge is -2.43. The van der Waals surface area contributed by atoms with Gasteiger partial charge in [-0.2, -0.15) is 0 Å². The highest BCUT2D eigenvalue weighted by molar-refractivity contribution is 5.81. The third-order valence-corrected chi connectivity index (χ3v) is 5.01. The summed E-state index contributed by atoms with van der Waals surface area (Å²) in [5.74, 6) is -3.25. The molecule has 0 spiro atoms. The molecular weight excluding hydrogens is 468 g/mol. The van der Waals surface area contributed by atoms with E-state index in [1.165, 1.54) is 18.2 Å². The molecule has 0 saturated carbocycles. The van der Waals surface area contributed by atoms with Gasteiger partial charge >= 0.3 is 29.5 Å². The lowest BCUT2D eigenvalue weighted by Crippen LogP contribution is -2.64. The highest BCUT2D eigenvalue weighted by Gasteiger charge is 2.55. The van der Waals surface area contributed by atoms with Gasteiger partial charge in [0, 0.05) is 38.3 Å². The van der Waals surface area contributed by atoms with Crippen molar-refractivity contribution in [2.24, 2.45) is 0 Å². The molecule has 12 heteroatoms. The second kappa shape index (κ2) is 10.6. The van der Waals surface area contributed by atoms with E-state index in [1.807, 2.05) is 0 Å². The van der Waals surface area contributed by atoms with Gasteiger partial charge in [-0.25, -0.2) is 9.59 Å². The van der Waals surface area contributed by atoms with Crippen molar-refractivity contribution in [1.82, 2.24) is 0 Å². The first-order chi connectivity index (χ1) is 16.5. The number of ether oxygens (including phenoxy) is 6. The van der Waals surface area contributed by atoms with Gasteiger partial charge in [0.15, 0.2) is 18.3 Å². The van der Waals surface area contributed by atoms with E-state index in [0.717, 1.165) is 27.9 Å². The Morgan fingerprint density at radius 1 is 0.857 bits per heavy atom. The summed E-state index contributed by atoms with van der Waals surface area (Å²) in [7, 11) is 1.08. The second-order valence-corrected chi connectivity index (χ2v) is 7.69. The monoisotopic (exact) mass is 492 g/mol. The van der Waals surface area contributed by atoms with E-state index < -0.39 is 60.2 Å². The summed E-state index contributed by atoms with van der Waals surface area (Å²) in [4.78, 5) is 59.7. The molecule has 0 amide bonds. The van der Waals surface area contributed by atoms with Crippen molar-refractivity contribution in [3.63, 3.8) is 0 Å². The normalized spacial score (nSPS) is 23.7. The molecule has 0 unspecified atom stereocenters. The number of esters is 4.